The van der Waals surface area contributed by atoms with Crippen molar-refractivity contribution in [1.82, 2.24) is 15.2 Å². The Hall–Kier alpha value is -3.83. The third kappa shape index (κ3) is 5.74. The van der Waals surface area contributed by atoms with Crippen molar-refractivity contribution in [2.24, 2.45) is 5.92 Å². The minimum atomic E-state index is -4.82. The first kappa shape index (κ1) is 24.8. The Labute approximate surface area is 193 Å². The molecule has 1 saturated heterocycles. The van der Waals surface area contributed by atoms with E-state index in [4.69, 9.17) is 10.5 Å². The number of rotatable bonds is 7. The Morgan fingerprint density at radius 1 is 1.24 bits per heavy atom. The average Bonchev–Trinajstić information content (AvgIpc) is 2.75. The number of nitrogens with one attached hydrogen (secondary N) is 1. The van der Waals surface area contributed by atoms with Gasteiger partial charge < -0.3 is 20.5 Å². The molecule has 3 N–H and O–H groups in total. The second-order valence-corrected chi connectivity index (χ2v) is 7.59. The molecule has 1 fully saturated rings. The molecule has 0 radical (unpaired) electrons. The van der Waals surface area contributed by atoms with Gasteiger partial charge in [0.05, 0.1) is 18.6 Å². The summed E-state index contributed by atoms with van der Waals surface area (Å²) in [6, 6.07) is 5.52. The first-order valence-electron chi connectivity index (χ1n) is 10.4. The molecule has 0 spiro atoms. The number of nitrogens with two attached hydrogens (primary N) is 1. The van der Waals surface area contributed by atoms with Crippen LogP contribution in [-0.4, -0.2) is 46.8 Å². The molecule has 1 aromatic carbocycles. The molecule has 3 atom stereocenters. The van der Waals surface area contributed by atoms with E-state index in [0.717, 1.165) is 17.0 Å². The number of urea groups is 1. The molecule has 12 heteroatoms. The van der Waals surface area contributed by atoms with E-state index in [1.54, 1.807) is 26.0 Å². The molecule has 1 aromatic heterocycles. The van der Waals surface area contributed by atoms with Crippen LogP contribution in [0, 0.1) is 5.92 Å². The van der Waals surface area contributed by atoms with Crippen molar-refractivity contribution in [3.63, 3.8) is 0 Å². The van der Waals surface area contributed by atoms with Crippen LogP contribution in [0.3, 0.4) is 0 Å². The fourth-order valence-corrected chi connectivity index (χ4v) is 3.64. The van der Waals surface area contributed by atoms with Crippen LogP contribution in [0.15, 0.2) is 42.6 Å². The summed E-state index contributed by atoms with van der Waals surface area (Å²) in [5.41, 5.74) is 6.81. The van der Waals surface area contributed by atoms with E-state index < -0.39 is 48.0 Å². The van der Waals surface area contributed by atoms with Crippen molar-refractivity contribution in [2.75, 3.05) is 12.3 Å². The molecular weight excluding hydrogens is 457 g/mol. The van der Waals surface area contributed by atoms with E-state index in [0.29, 0.717) is 11.1 Å². The van der Waals surface area contributed by atoms with Gasteiger partial charge in [0.2, 0.25) is 5.91 Å². The van der Waals surface area contributed by atoms with E-state index in [-0.39, 0.29) is 18.8 Å². The maximum Gasteiger partial charge on any atom is 0.573 e. The molecule has 3 rings (SSSR count). The SMILES string of the molecule is CCOC(=O)C1C(Cc2ccnc(N)c2)C(=O)N1C(=O)NC(C)c1ccc(OC(F)(F)F)cc1. The molecule has 1 aliphatic rings. The molecule has 182 valence electrons. The lowest BCUT2D eigenvalue weighted by Gasteiger charge is -2.44. The number of imide groups is 1. The normalized spacial score (nSPS) is 18.6. The smallest absolute Gasteiger partial charge is 0.464 e. The number of benzene rings is 1. The van der Waals surface area contributed by atoms with Crippen molar-refractivity contribution in [2.45, 2.75) is 38.7 Å². The lowest BCUT2D eigenvalue weighted by molar-refractivity contribution is -0.274. The predicted molar refractivity (Wildman–Crippen MR) is 113 cm³/mol. The number of β-lactam (4-membered cyclic amide) rings is 1. The highest BCUT2D eigenvalue weighted by Gasteiger charge is 2.55. The maximum absolute atomic E-state index is 12.8. The fraction of sp³-hybridized carbons (Fsp3) is 0.364. The summed E-state index contributed by atoms with van der Waals surface area (Å²) in [6.07, 6.45) is -3.18. The number of hydrogen-bond donors (Lipinski definition) is 2. The molecule has 0 aliphatic carbocycles. The minimum Gasteiger partial charge on any atom is -0.464 e. The Bertz CT molecular complexity index is 1060. The molecule has 34 heavy (non-hydrogen) atoms. The largest absolute Gasteiger partial charge is 0.573 e. The van der Waals surface area contributed by atoms with Gasteiger partial charge in [0, 0.05) is 6.20 Å². The third-order valence-electron chi connectivity index (χ3n) is 5.22. The average molecular weight is 480 g/mol. The van der Waals surface area contributed by atoms with E-state index in [1.807, 2.05) is 0 Å². The number of anilines is 1. The van der Waals surface area contributed by atoms with Crippen LogP contribution in [0.2, 0.25) is 0 Å². The second-order valence-electron chi connectivity index (χ2n) is 7.59. The number of ether oxygens (including phenoxy) is 2. The van der Waals surface area contributed by atoms with E-state index in [2.05, 4.69) is 15.0 Å². The van der Waals surface area contributed by atoms with Gasteiger partial charge in [-0.15, -0.1) is 13.2 Å². The molecule has 0 saturated carbocycles. The maximum atomic E-state index is 12.8. The lowest BCUT2D eigenvalue weighted by atomic mass is 9.82. The number of carbonyl (C=O) groups is 3. The Morgan fingerprint density at radius 3 is 2.50 bits per heavy atom. The summed E-state index contributed by atoms with van der Waals surface area (Å²) in [4.78, 5) is 42.8. The van der Waals surface area contributed by atoms with Crippen molar-refractivity contribution in [3.05, 3.63) is 53.7 Å². The molecule has 3 unspecified atom stereocenters. The molecule has 2 aromatic rings. The van der Waals surface area contributed by atoms with Crippen LogP contribution >= 0.6 is 0 Å². The van der Waals surface area contributed by atoms with Crippen LogP contribution in [-0.2, 0) is 20.7 Å². The highest BCUT2D eigenvalue weighted by molar-refractivity contribution is 6.08. The molecule has 2 heterocycles. The molecule has 1 aliphatic heterocycles. The summed E-state index contributed by atoms with van der Waals surface area (Å²) in [6.45, 7) is 3.25. The number of hydrogen-bond acceptors (Lipinski definition) is 7. The van der Waals surface area contributed by atoms with Gasteiger partial charge >= 0.3 is 18.4 Å². The number of aromatic nitrogens is 1. The zero-order chi connectivity index (χ0) is 25.0. The van der Waals surface area contributed by atoms with Crippen LogP contribution in [0.5, 0.6) is 5.75 Å². The van der Waals surface area contributed by atoms with Gasteiger partial charge in [-0.05, 0) is 55.7 Å². The molecular formula is C22H23F3N4O5. The number of esters is 1. The first-order valence-corrected chi connectivity index (χ1v) is 10.4. The highest BCUT2D eigenvalue weighted by Crippen LogP contribution is 2.32. The van der Waals surface area contributed by atoms with Crippen LogP contribution in [0.4, 0.5) is 23.8 Å². The quantitative estimate of drug-likeness (QED) is 0.461. The van der Waals surface area contributed by atoms with E-state index >= 15 is 0 Å². The topological polar surface area (TPSA) is 124 Å². The zero-order valence-electron chi connectivity index (χ0n) is 18.3. The molecule has 0 bridgehead atoms. The van der Waals surface area contributed by atoms with Crippen molar-refractivity contribution < 1.29 is 37.0 Å². The highest BCUT2D eigenvalue weighted by atomic mass is 19.4. The van der Waals surface area contributed by atoms with Gasteiger partial charge in [0.25, 0.3) is 0 Å². The summed E-state index contributed by atoms with van der Waals surface area (Å²) >= 11 is 0. The van der Waals surface area contributed by atoms with Gasteiger partial charge in [0.15, 0.2) is 6.04 Å². The second kappa shape index (κ2) is 9.98. The number of halogens is 3. The fourth-order valence-electron chi connectivity index (χ4n) is 3.64. The van der Waals surface area contributed by atoms with E-state index in [9.17, 15) is 27.6 Å². The van der Waals surface area contributed by atoms with Gasteiger partial charge in [-0.3, -0.25) is 4.79 Å². The van der Waals surface area contributed by atoms with Gasteiger partial charge in [-0.1, -0.05) is 12.1 Å². The molecule has 3 amide bonds. The van der Waals surface area contributed by atoms with Crippen LogP contribution in [0.1, 0.15) is 31.0 Å². The Kier molecular flexibility index (Phi) is 7.28. The summed E-state index contributed by atoms with van der Waals surface area (Å²) in [7, 11) is 0. The summed E-state index contributed by atoms with van der Waals surface area (Å²) in [5.74, 6) is -2.25. The number of carbonyl (C=O) groups excluding carboxylic acids is 3. The lowest BCUT2D eigenvalue weighted by Crippen LogP contribution is -2.69. The Balaban J connectivity index is 1.70. The number of nitrogen functional groups attached to an aromatic ring is 1. The monoisotopic (exact) mass is 480 g/mol. The van der Waals surface area contributed by atoms with Crippen LogP contribution < -0.4 is 15.8 Å². The standard InChI is InChI=1S/C22H23F3N4O5/c1-3-33-20(31)18-16(10-13-8-9-27-17(26)11-13)19(30)29(18)21(32)28-12(2)14-4-6-15(7-5-14)34-22(23,24)25/h4-9,11-12,16,18H,3,10H2,1-2H3,(H2,26,27)(H,28,32). The Morgan fingerprint density at radius 2 is 1.91 bits per heavy atom. The van der Waals surface area contributed by atoms with Crippen molar-refractivity contribution >= 4 is 23.7 Å². The number of alkyl halides is 3. The zero-order valence-corrected chi connectivity index (χ0v) is 18.3. The molecule has 9 nitrogen and oxygen atoms in total. The minimum absolute atomic E-state index is 0.0661. The third-order valence-corrected chi connectivity index (χ3v) is 5.22. The van der Waals surface area contributed by atoms with Crippen molar-refractivity contribution in [3.8, 4) is 5.75 Å². The van der Waals surface area contributed by atoms with Crippen molar-refractivity contribution in [1.29, 1.82) is 0 Å². The number of likely N-dealkylation sites (tertiary alicyclic amines) is 1. The number of pyridine rings is 1. The number of nitrogens with zero attached hydrogens (tertiary/aromatic N) is 2. The van der Waals surface area contributed by atoms with Gasteiger partial charge in [-0.25, -0.2) is 19.5 Å². The van der Waals surface area contributed by atoms with Gasteiger partial charge in [-0.2, -0.15) is 0 Å². The van der Waals surface area contributed by atoms with Gasteiger partial charge in [0.1, 0.15) is 11.6 Å². The summed E-state index contributed by atoms with van der Waals surface area (Å²) in [5, 5.41) is 2.58. The van der Waals surface area contributed by atoms with Crippen LogP contribution in [0.25, 0.3) is 0 Å². The number of amides is 3. The van der Waals surface area contributed by atoms with E-state index in [1.165, 1.54) is 18.3 Å². The first-order chi connectivity index (χ1) is 16.0. The summed E-state index contributed by atoms with van der Waals surface area (Å²) < 4.78 is 45.9. The predicted octanol–water partition coefficient (Wildman–Crippen LogP) is 2.97.